The molecule has 0 aliphatic heterocycles. The fraction of sp³-hybridized carbons (Fsp3) is 0.312. The molecule has 0 spiro atoms. The van der Waals surface area contributed by atoms with E-state index in [1.165, 1.54) is 0 Å². The Morgan fingerprint density at radius 3 is 2.86 bits per heavy atom. The van der Waals surface area contributed by atoms with E-state index in [0.29, 0.717) is 23.6 Å². The Morgan fingerprint density at radius 2 is 2.18 bits per heavy atom. The lowest BCUT2D eigenvalue weighted by Gasteiger charge is -2.20. The number of fused-ring (bicyclic) bond motifs is 1. The third kappa shape index (κ3) is 2.72. The van der Waals surface area contributed by atoms with Gasteiger partial charge in [-0.25, -0.2) is 9.50 Å². The number of nitrogens with zero attached hydrogens (tertiary/aromatic N) is 3. The van der Waals surface area contributed by atoms with E-state index in [-0.39, 0.29) is 11.3 Å². The van der Waals surface area contributed by atoms with Gasteiger partial charge in [0.25, 0.3) is 5.91 Å². The molecule has 3 rings (SSSR count). The molecular formula is C16H18N4O2. The van der Waals surface area contributed by atoms with Crippen LogP contribution in [0.4, 0.5) is 0 Å². The Bertz CT molecular complexity index is 797. The first-order chi connectivity index (χ1) is 10.4. The molecule has 0 fully saturated rings. The van der Waals surface area contributed by atoms with Crippen molar-refractivity contribution >= 4 is 11.6 Å². The van der Waals surface area contributed by atoms with Crippen molar-refractivity contribution in [3.63, 3.8) is 0 Å². The molecule has 6 heteroatoms. The van der Waals surface area contributed by atoms with Crippen LogP contribution in [-0.2, 0) is 12.0 Å². The summed E-state index contributed by atoms with van der Waals surface area (Å²) in [5, 5.41) is 7.09. The Labute approximate surface area is 128 Å². The molecule has 0 bridgehead atoms. The second-order valence-corrected chi connectivity index (χ2v) is 6.14. The molecule has 0 saturated carbocycles. The number of furan rings is 1. The molecule has 1 N–H and O–H groups in total. The Kier molecular flexibility index (Phi) is 3.44. The van der Waals surface area contributed by atoms with Crippen LogP contribution in [0.2, 0.25) is 0 Å². The van der Waals surface area contributed by atoms with E-state index in [0.717, 1.165) is 5.69 Å². The third-order valence-electron chi connectivity index (χ3n) is 3.36. The van der Waals surface area contributed by atoms with E-state index in [1.807, 2.05) is 6.07 Å². The van der Waals surface area contributed by atoms with Gasteiger partial charge in [0.15, 0.2) is 5.65 Å². The van der Waals surface area contributed by atoms with Crippen LogP contribution < -0.4 is 5.32 Å². The number of aromatic nitrogens is 3. The minimum atomic E-state index is -0.231. The van der Waals surface area contributed by atoms with E-state index < -0.39 is 0 Å². The third-order valence-corrected chi connectivity index (χ3v) is 3.36. The quantitative estimate of drug-likeness (QED) is 0.806. The van der Waals surface area contributed by atoms with Crippen LogP contribution in [0.5, 0.6) is 0 Å². The van der Waals surface area contributed by atoms with Gasteiger partial charge in [-0.05, 0) is 18.2 Å². The molecule has 0 radical (unpaired) electrons. The van der Waals surface area contributed by atoms with E-state index in [9.17, 15) is 4.79 Å². The summed E-state index contributed by atoms with van der Waals surface area (Å²) in [6.07, 6.45) is 3.26. The molecule has 0 saturated heterocycles. The number of amides is 1. The standard InChI is InChI=1S/C16H18N4O2/c1-16(2,3)13-9-12(19-14-6-7-18-20(13)14)15(21)17-10-11-5-4-8-22-11/h4-9H,10H2,1-3H3,(H,17,21). The first-order valence-electron chi connectivity index (χ1n) is 7.11. The molecule has 3 heterocycles. The Hall–Kier alpha value is -2.63. The van der Waals surface area contributed by atoms with Gasteiger partial charge in [-0.2, -0.15) is 5.10 Å². The van der Waals surface area contributed by atoms with Gasteiger partial charge in [-0.3, -0.25) is 4.79 Å². The first-order valence-corrected chi connectivity index (χ1v) is 7.11. The number of hydrogen-bond acceptors (Lipinski definition) is 4. The predicted octanol–water partition coefficient (Wildman–Crippen LogP) is 2.55. The van der Waals surface area contributed by atoms with Gasteiger partial charge < -0.3 is 9.73 Å². The number of hydrogen-bond donors (Lipinski definition) is 1. The molecule has 0 unspecified atom stereocenters. The van der Waals surface area contributed by atoms with Gasteiger partial charge in [0.05, 0.1) is 24.7 Å². The van der Waals surface area contributed by atoms with Crippen molar-refractivity contribution in [3.05, 3.63) is 53.9 Å². The summed E-state index contributed by atoms with van der Waals surface area (Å²) >= 11 is 0. The van der Waals surface area contributed by atoms with Gasteiger partial charge in [-0.15, -0.1) is 0 Å². The second kappa shape index (κ2) is 5.29. The molecule has 1 amide bonds. The maximum absolute atomic E-state index is 12.3. The molecular weight excluding hydrogens is 280 g/mol. The monoisotopic (exact) mass is 298 g/mol. The number of carbonyl (C=O) groups is 1. The molecule has 6 nitrogen and oxygen atoms in total. The normalized spacial score (nSPS) is 11.8. The molecule has 114 valence electrons. The number of rotatable bonds is 3. The van der Waals surface area contributed by atoms with Crippen molar-refractivity contribution in [1.82, 2.24) is 19.9 Å². The average molecular weight is 298 g/mol. The van der Waals surface area contributed by atoms with Crippen LogP contribution in [-0.4, -0.2) is 20.5 Å². The largest absolute Gasteiger partial charge is 0.467 e. The average Bonchev–Trinajstić information content (AvgIpc) is 3.13. The molecule has 3 aromatic rings. The lowest BCUT2D eigenvalue weighted by atomic mass is 9.91. The molecule has 0 atom stereocenters. The summed E-state index contributed by atoms with van der Waals surface area (Å²) in [6.45, 7) is 6.57. The zero-order valence-corrected chi connectivity index (χ0v) is 12.8. The maximum Gasteiger partial charge on any atom is 0.270 e. The predicted molar refractivity (Wildman–Crippen MR) is 81.6 cm³/mol. The van der Waals surface area contributed by atoms with Gasteiger partial charge in [0, 0.05) is 11.5 Å². The van der Waals surface area contributed by atoms with Crippen LogP contribution in [0.1, 0.15) is 42.7 Å². The van der Waals surface area contributed by atoms with Crippen molar-refractivity contribution in [2.45, 2.75) is 32.7 Å². The number of carbonyl (C=O) groups excluding carboxylic acids is 1. The molecule has 0 aliphatic carbocycles. The smallest absolute Gasteiger partial charge is 0.270 e. The van der Waals surface area contributed by atoms with Gasteiger partial charge >= 0.3 is 0 Å². The zero-order chi connectivity index (χ0) is 15.7. The maximum atomic E-state index is 12.3. The zero-order valence-electron chi connectivity index (χ0n) is 12.8. The Morgan fingerprint density at radius 1 is 1.36 bits per heavy atom. The highest BCUT2D eigenvalue weighted by molar-refractivity contribution is 5.92. The summed E-state index contributed by atoms with van der Waals surface area (Å²) in [4.78, 5) is 16.7. The van der Waals surface area contributed by atoms with E-state index in [1.54, 1.807) is 35.2 Å². The molecule has 22 heavy (non-hydrogen) atoms. The molecule has 0 aromatic carbocycles. The highest BCUT2D eigenvalue weighted by Crippen LogP contribution is 2.23. The lowest BCUT2D eigenvalue weighted by Crippen LogP contribution is -2.26. The highest BCUT2D eigenvalue weighted by atomic mass is 16.3. The van der Waals surface area contributed by atoms with Crippen LogP contribution in [0.3, 0.4) is 0 Å². The van der Waals surface area contributed by atoms with E-state index in [4.69, 9.17) is 4.42 Å². The van der Waals surface area contributed by atoms with Crippen LogP contribution in [0, 0.1) is 0 Å². The highest BCUT2D eigenvalue weighted by Gasteiger charge is 2.21. The summed E-state index contributed by atoms with van der Waals surface area (Å²) in [7, 11) is 0. The molecule has 3 aromatic heterocycles. The Balaban J connectivity index is 1.91. The fourth-order valence-electron chi connectivity index (χ4n) is 2.23. The van der Waals surface area contributed by atoms with Gasteiger partial charge in [-0.1, -0.05) is 20.8 Å². The number of nitrogens with one attached hydrogen (secondary N) is 1. The second-order valence-electron chi connectivity index (χ2n) is 6.14. The van der Waals surface area contributed by atoms with Crippen molar-refractivity contribution in [1.29, 1.82) is 0 Å². The lowest BCUT2D eigenvalue weighted by molar-refractivity contribution is 0.0943. The van der Waals surface area contributed by atoms with Crippen molar-refractivity contribution < 1.29 is 9.21 Å². The SMILES string of the molecule is CC(C)(C)c1cc(C(=O)NCc2ccco2)nc2ccnn12. The summed E-state index contributed by atoms with van der Waals surface area (Å²) in [6, 6.07) is 7.18. The van der Waals surface area contributed by atoms with Gasteiger partial charge in [0.2, 0.25) is 0 Å². The minimum absolute atomic E-state index is 0.150. The summed E-state index contributed by atoms with van der Waals surface area (Å²) in [5.74, 6) is 0.473. The van der Waals surface area contributed by atoms with E-state index in [2.05, 4.69) is 36.2 Å². The van der Waals surface area contributed by atoms with Crippen molar-refractivity contribution in [2.24, 2.45) is 0 Å². The fourth-order valence-corrected chi connectivity index (χ4v) is 2.23. The van der Waals surface area contributed by atoms with Crippen LogP contribution in [0.25, 0.3) is 5.65 Å². The van der Waals surface area contributed by atoms with Crippen LogP contribution in [0.15, 0.2) is 41.1 Å². The van der Waals surface area contributed by atoms with E-state index >= 15 is 0 Å². The molecule has 0 aliphatic rings. The van der Waals surface area contributed by atoms with Crippen LogP contribution >= 0.6 is 0 Å². The summed E-state index contributed by atoms with van der Waals surface area (Å²) in [5.41, 5.74) is 1.83. The summed E-state index contributed by atoms with van der Waals surface area (Å²) < 4.78 is 6.97. The van der Waals surface area contributed by atoms with Crippen molar-refractivity contribution in [3.8, 4) is 0 Å². The first kappa shape index (κ1) is 14.3. The van der Waals surface area contributed by atoms with Crippen molar-refractivity contribution in [2.75, 3.05) is 0 Å². The topological polar surface area (TPSA) is 72.4 Å². The minimum Gasteiger partial charge on any atom is -0.467 e. The van der Waals surface area contributed by atoms with Gasteiger partial charge in [0.1, 0.15) is 11.5 Å².